The van der Waals surface area contributed by atoms with E-state index < -0.39 is 61.0 Å². The van der Waals surface area contributed by atoms with Gasteiger partial charge in [0.1, 0.15) is 36.6 Å². The molecule has 162 valence electrons. The van der Waals surface area contributed by atoms with Gasteiger partial charge >= 0.3 is 0 Å². The summed E-state index contributed by atoms with van der Waals surface area (Å²) in [5.74, 6) is -0.561. The normalized spacial score (nSPS) is 43.9. The molecule has 1 heterocycles. The summed E-state index contributed by atoms with van der Waals surface area (Å²) in [6.07, 6.45) is -8.90. The second-order valence-electron chi connectivity index (χ2n) is 6.90. The molecule has 2 fully saturated rings. The minimum Gasteiger partial charge on any atom is -0.388 e. The van der Waals surface area contributed by atoms with Gasteiger partial charge in [-0.1, -0.05) is 0 Å². The Bertz CT molecular complexity index is 584. The van der Waals surface area contributed by atoms with Crippen LogP contribution in [0.5, 0.6) is 0 Å². The highest BCUT2D eigenvalue weighted by atomic mass is 16.7. The summed E-state index contributed by atoms with van der Waals surface area (Å²) in [5, 5.41) is 41.0. The largest absolute Gasteiger partial charge is 0.388 e. The lowest BCUT2D eigenvalue weighted by Gasteiger charge is -2.45. The third kappa shape index (κ3) is 4.79. The van der Waals surface area contributed by atoms with Gasteiger partial charge in [0.05, 0.1) is 18.1 Å². The fraction of sp³-hybridized carbons (Fsp3) is 0.857. The molecule has 0 unspecified atom stereocenters. The van der Waals surface area contributed by atoms with Crippen molar-refractivity contribution in [3.05, 3.63) is 0 Å². The van der Waals surface area contributed by atoms with Gasteiger partial charge in [-0.25, -0.2) is 9.98 Å². The number of aliphatic hydroxyl groups excluding tert-OH is 4. The fourth-order valence-electron chi connectivity index (χ4n) is 3.40. The van der Waals surface area contributed by atoms with Crippen LogP contribution < -0.4 is 34.4 Å². The Morgan fingerprint density at radius 3 is 2.00 bits per heavy atom. The molecule has 1 aliphatic carbocycles. The van der Waals surface area contributed by atoms with Gasteiger partial charge in [0.15, 0.2) is 18.2 Å². The van der Waals surface area contributed by atoms with E-state index in [1.165, 1.54) is 0 Å². The van der Waals surface area contributed by atoms with Crippen LogP contribution in [0.15, 0.2) is 9.98 Å². The Balaban J connectivity index is 2.25. The third-order valence-corrected chi connectivity index (χ3v) is 4.84. The van der Waals surface area contributed by atoms with Crippen molar-refractivity contribution in [1.82, 2.24) is 0 Å². The summed E-state index contributed by atoms with van der Waals surface area (Å²) in [5.41, 5.74) is 33.0. The van der Waals surface area contributed by atoms with Crippen LogP contribution in [0.25, 0.3) is 0 Å². The molecule has 0 bridgehead atoms. The van der Waals surface area contributed by atoms with Gasteiger partial charge in [-0.05, 0) is 6.42 Å². The number of ether oxygens (including phenoxy) is 2. The highest BCUT2D eigenvalue weighted by Crippen LogP contribution is 2.31. The topological polar surface area (TPSA) is 280 Å². The van der Waals surface area contributed by atoms with Crippen molar-refractivity contribution in [1.29, 1.82) is 0 Å². The first-order valence-electron chi connectivity index (χ1n) is 8.73. The number of guanidine groups is 2. The summed E-state index contributed by atoms with van der Waals surface area (Å²) in [6.45, 7) is -0.107. The molecule has 0 aromatic heterocycles. The van der Waals surface area contributed by atoms with Crippen LogP contribution in [-0.4, -0.2) is 99.9 Å². The Morgan fingerprint density at radius 2 is 1.46 bits per heavy atom. The van der Waals surface area contributed by atoms with Crippen molar-refractivity contribution in [2.75, 3.05) is 6.54 Å². The van der Waals surface area contributed by atoms with Gasteiger partial charge < -0.3 is 64.3 Å². The Morgan fingerprint density at radius 1 is 0.893 bits per heavy atom. The highest BCUT2D eigenvalue weighted by molar-refractivity contribution is 5.76. The average Bonchev–Trinajstić information content (AvgIpc) is 2.61. The first kappa shape index (κ1) is 22.5. The number of rotatable bonds is 5. The van der Waals surface area contributed by atoms with Gasteiger partial charge in [-0.15, -0.1) is 0 Å². The molecular formula is C14H30N8O6. The van der Waals surface area contributed by atoms with Gasteiger partial charge in [-0.3, -0.25) is 0 Å². The zero-order valence-electron chi connectivity index (χ0n) is 15.2. The van der Waals surface area contributed by atoms with E-state index in [0.717, 1.165) is 0 Å². The van der Waals surface area contributed by atoms with Gasteiger partial charge in [0.2, 0.25) is 0 Å². The van der Waals surface area contributed by atoms with Crippen molar-refractivity contribution in [2.45, 2.75) is 67.5 Å². The molecule has 14 nitrogen and oxygen atoms in total. The summed E-state index contributed by atoms with van der Waals surface area (Å²) in [6, 6.07) is -2.89. The van der Waals surface area contributed by atoms with Crippen LogP contribution in [-0.2, 0) is 9.47 Å². The molecule has 0 radical (unpaired) electrons. The second-order valence-corrected chi connectivity index (χ2v) is 6.90. The lowest BCUT2D eigenvalue weighted by atomic mass is 9.84. The molecule has 1 aliphatic heterocycles. The van der Waals surface area contributed by atoms with Crippen molar-refractivity contribution in [3.63, 3.8) is 0 Å². The quantitative estimate of drug-likeness (QED) is 0.151. The minimum atomic E-state index is -1.51. The number of aliphatic imine (C=N–C) groups is 2. The maximum atomic E-state index is 10.6. The molecule has 2 aliphatic rings. The molecule has 0 aromatic carbocycles. The number of nitrogens with two attached hydrogens (primary N) is 6. The zero-order valence-corrected chi connectivity index (χ0v) is 15.2. The van der Waals surface area contributed by atoms with Crippen LogP contribution in [0.3, 0.4) is 0 Å². The van der Waals surface area contributed by atoms with Gasteiger partial charge in [0.25, 0.3) is 0 Å². The molecule has 1 saturated heterocycles. The summed E-state index contributed by atoms with van der Waals surface area (Å²) < 4.78 is 11.2. The second kappa shape index (κ2) is 9.15. The van der Waals surface area contributed by atoms with E-state index in [-0.39, 0.29) is 24.9 Å². The molecule has 10 atom stereocenters. The molecule has 2 rings (SSSR count). The minimum absolute atomic E-state index is 0.0478. The van der Waals surface area contributed by atoms with Crippen LogP contribution in [0.2, 0.25) is 0 Å². The Kier molecular flexibility index (Phi) is 7.35. The van der Waals surface area contributed by atoms with Crippen LogP contribution in [0.1, 0.15) is 6.42 Å². The van der Waals surface area contributed by atoms with Crippen molar-refractivity contribution in [3.8, 4) is 0 Å². The van der Waals surface area contributed by atoms with Crippen LogP contribution in [0, 0.1) is 0 Å². The molecule has 28 heavy (non-hydrogen) atoms. The van der Waals surface area contributed by atoms with Crippen molar-refractivity contribution < 1.29 is 29.9 Å². The predicted octanol–water partition coefficient (Wildman–Crippen LogP) is -6.49. The third-order valence-electron chi connectivity index (χ3n) is 4.84. The summed E-state index contributed by atoms with van der Waals surface area (Å²) >= 11 is 0. The monoisotopic (exact) mass is 406 g/mol. The maximum Gasteiger partial charge on any atom is 0.186 e. The Hall–Kier alpha value is -1.78. The summed E-state index contributed by atoms with van der Waals surface area (Å²) in [7, 11) is 0. The lowest BCUT2D eigenvalue weighted by Crippen LogP contribution is -2.65. The molecule has 0 spiro atoms. The lowest BCUT2D eigenvalue weighted by molar-refractivity contribution is -0.287. The van der Waals surface area contributed by atoms with E-state index in [1.54, 1.807) is 0 Å². The predicted molar refractivity (Wildman–Crippen MR) is 98.4 cm³/mol. The number of aliphatic hydroxyl groups is 4. The van der Waals surface area contributed by atoms with Gasteiger partial charge in [0, 0.05) is 6.54 Å². The zero-order chi connectivity index (χ0) is 21.2. The van der Waals surface area contributed by atoms with E-state index in [0.29, 0.717) is 0 Å². The summed E-state index contributed by atoms with van der Waals surface area (Å²) in [4.78, 5) is 7.90. The standard InChI is InChI=1S/C14H30N8O6/c15-2-5-8(24)9(25)6(16)12(27-5)28-11-4(22-14(19)20)1-3(21-13(17)18)7(23)10(11)26/h3-12,23-26H,1-2,15-16H2,(H4,17,18,21)(H4,19,20,22)/t3-,4+,5-,6-,7+,8-,9-,10-,11-,12-/m1/s1. The highest BCUT2D eigenvalue weighted by Gasteiger charge is 2.49. The first-order chi connectivity index (χ1) is 13.1. The number of hydrogen-bond donors (Lipinski definition) is 10. The van der Waals surface area contributed by atoms with Crippen LogP contribution in [0.4, 0.5) is 0 Å². The molecule has 14 heteroatoms. The molecule has 0 aromatic rings. The number of nitrogens with zero attached hydrogens (tertiary/aromatic N) is 2. The maximum absolute atomic E-state index is 10.6. The Labute approximate surface area is 161 Å². The smallest absolute Gasteiger partial charge is 0.186 e. The first-order valence-corrected chi connectivity index (χ1v) is 8.73. The van der Waals surface area contributed by atoms with Crippen molar-refractivity contribution >= 4 is 11.9 Å². The van der Waals surface area contributed by atoms with E-state index in [1.807, 2.05) is 0 Å². The van der Waals surface area contributed by atoms with Crippen LogP contribution >= 0.6 is 0 Å². The molecular weight excluding hydrogens is 376 g/mol. The fourth-order valence-corrected chi connectivity index (χ4v) is 3.40. The van der Waals surface area contributed by atoms with E-state index in [4.69, 9.17) is 43.9 Å². The molecule has 1 saturated carbocycles. The van der Waals surface area contributed by atoms with Crippen molar-refractivity contribution in [2.24, 2.45) is 44.4 Å². The molecule has 16 N–H and O–H groups in total. The SMILES string of the molecule is NC[C@H]1O[C@H](O[C@H]2[C@H](O)[C@@H](O)[C@H](N=C(N)N)C[C@@H]2N=C(N)N)[C@H](N)[C@@H](O)[C@@H]1O. The van der Waals surface area contributed by atoms with Gasteiger partial charge in [-0.2, -0.15) is 0 Å². The average molecular weight is 406 g/mol. The number of hydrogen-bond acceptors (Lipinski definition) is 10. The van der Waals surface area contributed by atoms with E-state index >= 15 is 0 Å². The van der Waals surface area contributed by atoms with E-state index in [9.17, 15) is 20.4 Å². The molecule has 0 amide bonds. The van der Waals surface area contributed by atoms with E-state index in [2.05, 4.69) is 9.98 Å².